The number of aryl methyl sites for hydroxylation is 1. The molecule has 3 heterocycles. The number of hydrogen-bond donors (Lipinski definition) is 1. The number of anilines is 1. The van der Waals surface area contributed by atoms with Crippen LogP contribution < -0.4 is 9.64 Å². The van der Waals surface area contributed by atoms with Crippen molar-refractivity contribution in [2.45, 2.75) is 99.7 Å². The Balaban J connectivity index is 0.000000976. The highest BCUT2D eigenvalue weighted by atomic mass is 16.5. The lowest BCUT2D eigenvalue weighted by atomic mass is 9.82. The molecule has 8 heteroatoms. The van der Waals surface area contributed by atoms with Crippen LogP contribution in [0.15, 0.2) is 24.5 Å². The number of rotatable bonds is 9. The van der Waals surface area contributed by atoms with Gasteiger partial charge in [-0.05, 0) is 71.9 Å². The molecule has 0 saturated carbocycles. The number of carbonyl (C=O) groups excluding carboxylic acids is 2. The summed E-state index contributed by atoms with van der Waals surface area (Å²) >= 11 is 0. The third-order valence-corrected chi connectivity index (χ3v) is 6.29. The number of esters is 1. The zero-order valence-electron chi connectivity index (χ0n) is 25.3. The van der Waals surface area contributed by atoms with Crippen molar-refractivity contribution in [2.24, 2.45) is 5.41 Å². The van der Waals surface area contributed by atoms with E-state index in [0.29, 0.717) is 17.6 Å². The standard InChI is InChI=1S/C27H37N3O4.C4H10O/c1-7-20(31)17-33-21-8-9-24(29-15-21)23-16-28-19(4)22(14-25(32)34-18(2)3)26(23)30-12-10-27(5,6)11-13-30;1-4(2,3)5/h8-9,15-16,18H,7,10-14,17H2,1-6H3;5H,1-3H3. The summed E-state index contributed by atoms with van der Waals surface area (Å²) < 4.78 is 11.0. The van der Waals surface area contributed by atoms with E-state index in [1.807, 2.05) is 46.0 Å². The third kappa shape index (κ3) is 10.9. The summed E-state index contributed by atoms with van der Waals surface area (Å²) in [5.41, 5.74) is 4.14. The van der Waals surface area contributed by atoms with Crippen LogP contribution in [0, 0.1) is 12.3 Å². The van der Waals surface area contributed by atoms with Gasteiger partial charge in [0.25, 0.3) is 0 Å². The first-order valence-electron chi connectivity index (χ1n) is 13.9. The quantitative estimate of drug-likeness (QED) is 0.403. The van der Waals surface area contributed by atoms with Gasteiger partial charge < -0.3 is 19.5 Å². The first-order valence-corrected chi connectivity index (χ1v) is 13.9. The molecule has 8 nitrogen and oxygen atoms in total. The van der Waals surface area contributed by atoms with Gasteiger partial charge >= 0.3 is 5.97 Å². The Labute approximate surface area is 234 Å². The van der Waals surface area contributed by atoms with Crippen LogP contribution in [0.3, 0.4) is 0 Å². The minimum atomic E-state index is -0.500. The first-order chi connectivity index (χ1) is 18.1. The number of ether oxygens (including phenoxy) is 2. The lowest BCUT2D eigenvalue weighted by Gasteiger charge is -2.40. The van der Waals surface area contributed by atoms with Gasteiger partial charge in [0.2, 0.25) is 0 Å². The number of pyridine rings is 2. The predicted octanol–water partition coefficient (Wildman–Crippen LogP) is 5.71. The number of piperidine rings is 1. The maximum Gasteiger partial charge on any atom is 0.310 e. The number of Topliss-reactive ketones (excluding diaryl/α,β-unsaturated/α-hetero) is 1. The molecule has 1 fully saturated rings. The zero-order valence-corrected chi connectivity index (χ0v) is 25.3. The molecule has 0 aromatic carbocycles. The molecular formula is C31H47N3O5. The highest BCUT2D eigenvalue weighted by Gasteiger charge is 2.30. The Morgan fingerprint density at radius 1 is 1.10 bits per heavy atom. The van der Waals surface area contributed by atoms with Gasteiger partial charge in [-0.1, -0.05) is 20.8 Å². The second kappa shape index (κ2) is 13.9. The van der Waals surface area contributed by atoms with E-state index in [1.165, 1.54) is 0 Å². The molecule has 0 atom stereocenters. The highest BCUT2D eigenvalue weighted by Crippen LogP contribution is 2.39. The van der Waals surface area contributed by atoms with Crippen LogP contribution in [0.4, 0.5) is 5.69 Å². The highest BCUT2D eigenvalue weighted by molar-refractivity contribution is 5.84. The molecule has 1 N–H and O–H groups in total. The van der Waals surface area contributed by atoms with E-state index in [2.05, 4.69) is 28.7 Å². The molecule has 1 aliphatic heterocycles. The largest absolute Gasteiger partial charge is 0.484 e. The average molecular weight is 542 g/mol. The summed E-state index contributed by atoms with van der Waals surface area (Å²) in [7, 11) is 0. The molecule has 0 spiro atoms. The maximum atomic E-state index is 12.6. The molecular weight excluding hydrogens is 494 g/mol. The van der Waals surface area contributed by atoms with Crippen molar-refractivity contribution >= 4 is 17.4 Å². The minimum absolute atomic E-state index is 0.0417. The summed E-state index contributed by atoms with van der Waals surface area (Å²) in [4.78, 5) is 35.8. The van der Waals surface area contributed by atoms with E-state index >= 15 is 0 Å². The predicted molar refractivity (Wildman–Crippen MR) is 155 cm³/mol. The Bertz CT molecular complexity index is 1090. The van der Waals surface area contributed by atoms with Crippen LogP contribution in [-0.4, -0.2) is 58.2 Å². The molecule has 0 amide bonds. The second-order valence-corrected chi connectivity index (χ2v) is 12.2. The molecule has 2 aromatic heterocycles. The smallest absolute Gasteiger partial charge is 0.310 e. The van der Waals surface area contributed by atoms with E-state index in [-0.39, 0.29) is 30.9 Å². The van der Waals surface area contributed by atoms with Crippen LogP contribution in [-0.2, 0) is 20.7 Å². The van der Waals surface area contributed by atoms with Crippen LogP contribution in [0.1, 0.15) is 85.9 Å². The van der Waals surface area contributed by atoms with Crippen LogP contribution in [0.25, 0.3) is 11.3 Å². The lowest BCUT2D eigenvalue weighted by Crippen LogP contribution is -2.38. The number of nitrogens with zero attached hydrogens (tertiary/aromatic N) is 3. The van der Waals surface area contributed by atoms with Gasteiger partial charge in [0.05, 0.1) is 35.7 Å². The van der Waals surface area contributed by atoms with E-state index in [1.54, 1.807) is 27.0 Å². The van der Waals surface area contributed by atoms with E-state index in [4.69, 9.17) is 14.6 Å². The van der Waals surface area contributed by atoms with E-state index in [9.17, 15) is 9.59 Å². The summed E-state index contributed by atoms with van der Waals surface area (Å²) in [6.07, 6.45) is 6.04. The Kier molecular flexibility index (Phi) is 11.5. The van der Waals surface area contributed by atoms with Crippen molar-refractivity contribution in [1.29, 1.82) is 0 Å². The van der Waals surface area contributed by atoms with Gasteiger partial charge in [-0.15, -0.1) is 0 Å². The third-order valence-electron chi connectivity index (χ3n) is 6.29. The van der Waals surface area contributed by atoms with Gasteiger partial charge in [-0.3, -0.25) is 19.6 Å². The normalized spacial score (nSPS) is 14.9. The van der Waals surface area contributed by atoms with Crippen molar-refractivity contribution in [3.05, 3.63) is 35.8 Å². The fourth-order valence-electron chi connectivity index (χ4n) is 4.07. The minimum Gasteiger partial charge on any atom is -0.484 e. The average Bonchev–Trinajstić information content (AvgIpc) is 2.83. The Hall–Kier alpha value is -3.00. The molecule has 0 unspecified atom stereocenters. The first kappa shape index (κ1) is 32.2. The van der Waals surface area contributed by atoms with Crippen molar-refractivity contribution in [3.8, 4) is 17.0 Å². The SMILES string of the molecule is CC(C)(C)O.CCC(=O)COc1ccc(-c2cnc(C)c(CC(=O)OC(C)C)c2N2CCC(C)(C)CC2)nc1. The van der Waals surface area contributed by atoms with E-state index in [0.717, 1.165) is 54.1 Å². The molecule has 0 bridgehead atoms. The molecule has 0 radical (unpaired) electrons. The van der Waals surface area contributed by atoms with Gasteiger partial charge in [0.15, 0.2) is 5.78 Å². The Morgan fingerprint density at radius 3 is 2.23 bits per heavy atom. The Morgan fingerprint density at radius 2 is 1.72 bits per heavy atom. The maximum absolute atomic E-state index is 12.6. The number of aliphatic hydroxyl groups is 1. The lowest BCUT2D eigenvalue weighted by molar-refractivity contribution is -0.146. The van der Waals surface area contributed by atoms with Crippen LogP contribution >= 0.6 is 0 Å². The van der Waals surface area contributed by atoms with Gasteiger partial charge in [0, 0.05) is 42.5 Å². The summed E-state index contributed by atoms with van der Waals surface area (Å²) in [5.74, 6) is 0.334. The summed E-state index contributed by atoms with van der Waals surface area (Å²) in [5, 5.41) is 8.52. The van der Waals surface area contributed by atoms with Crippen molar-refractivity contribution < 1.29 is 24.2 Å². The fraction of sp³-hybridized carbons (Fsp3) is 0.613. The molecule has 1 saturated heterocycles. The molecule has 3 rings (SSSR count). The fourth-order valence-corrected chi connectivity index (χ4v) is 4.07. The van der Waals surface area contributed by atoms with Crippen molar-refractivity contribution in [3.63, 3.8) is 0 Å². The van der Waals surface area contributed by atoms with Gasteiger partial charge in [0.1, 0.15) is 12.4 Å². The number of carbonyl (C=O) groups is 2. The molecule has 1 aliphatic rings. The molecule has 0 aliphatic carbocycles. The molecule has 39 heavy (non-hydrogen) atoms. The summed E-state index contributed by atoms with van der Waals surface area (Å²) in [6, 6.07) is 3.70. The van der Waals surface area contributed by atoms with Crippen LogP contribution in [0.5, 0.6) is 5.75 Å². The second-order valence-electron chi connectivity index (χ2n) is 12.2. The van der Waals surface area contributed by atoms with Crippen molar-refractivity contribution in [1.82, 2.24) is 9.97 Å². The number of ketones is 1. The molecule has 2 aromatic rings. The van der Waals surface area contributed by atoms with Gasteiger partial charge in [-0.2, -0.15) is 0 Å². The number of hydrogen-bond acceptors (Lipinski definition) is 8. The van der Waals surface area contributed by atoms with Gasteiger partial charge in [-0.25, -0.2) is 0 Å². The summed E-state index contributed by atoms with van der Waals surface area (Å²) in [6.45, 7) is 19.1. The zero-order chi connectivity index (χ0) is 29.4. The number of aromatic nitrogens is 2. The monoisotopic (exact) mass is 541 g/mol. The topological polar surface area (TPSA) is 102 Å². The van der Waals surface area contributed by atoms with Crippen LogP contribution in [0.2, 0.25) is 0 Å². The molecule has 216 valence electrons. The van der Waals surface area contributed by atoms with E-state index < -0.39 is 5.60 Å². The van der Waals surface area contributed by atoms with Crippen molar-refractivity contribution in [2.75, 3.05) is 24.6 Å².